The molecule has 39 heavy (non-hydrogen) atoms. The van der Waals surface area contributed by atoms with Gasteiger partial charge in [-0.15, -0.1) is 0 Å². The molecule has 0 aliphatic heterocycles. The van der Waals surface area contributed by atoms with Crippen LogP contribution in [-0.2, 0) is 26.9 Å². The van der Waals surface area contributed by atoms with Crippen LogP contribution in [0, 0.1) is 0 Å². The Hall–Kier alpha value is -4.48. The Balaban J connectivity index is 1.30. The summed E-state index contributed by atoms with van der Waals surface area (Å²) in [6.07, 6.45) is 1.92. The van der Waals surface area contributed by atoms with Gasteiger partial charge in [0.05, 0.1) is 18.2 Å². The number of benzene rings is 1. The van der Waals surface area contributed by atoms with E-state index in [-0.39, 0.29) is 12.4 Å². The molecule has 6 rings (SSSR count). The number of hydrogen-bond donors (Lipinski definition) is 0. The number of fused-ring (bicyclic) bond motifs is 1. The lowest BCUT2D eigenvalue weighted by Gasteiger charge is -2.13. The summed E-state index contributed by atoms with van der Waals surface area (Å²) in [5.74, 6) is 1.77. The fraction of sp³-hybridized carbons (Fsp3) is 0.296. The Labute approximate surface area is 221 Å². The monoisotopic (exact) mass is 535 g/mol. The molecule has 1 aromatic carbocycles. The molecule has 1 aliphatic rings. The van der Waals surface area contributed by atoms with Gasteiger partial charge in [-0.25, -0.2) is 19.9 Å². The third-order valence-electron chi connectivity index (χ3n) is 6.67. The molecule has 0 unspecified atom stereocenters. The van der Waals surface area contributed by atoms with Crippen molar-refractivity contribution in [3.63, 3.8) is 0 Å². The third-order valence-corrected chi connectivity index (χ3v) is 6.67. The maximum absolute atomic E-state index is 13.1. The number of nitrogens with zero attached hydrogens (tertiary/aromatic N) is 7. The summed E-state index contributed by atoms with van der Waals surface area (Å²) in [6, 6.07) is 8.91. The van der Waals surface area contributed by atoms with E-state index in [0.717, 1.165) is 35.7 Å². The van der Waals surface area contributed by atoms with Gasteiger partial charge in [-0.05, 0) is 24.5 Å². The van der Waals surface area contributed by atoms with E-state index >= 15 is 0 Å². The van der Waals surface area contributed by atoms with E-state index in [1.807, 2.05) is 23.9 Å². The zero-order chi connectivity index (χ0) is 27.3. The van der Waals surface area contributed by atoms with Crippen molar-refractivity contribution in [2.45, 2.75) is 31.5 Å². The average molecular weight is 536 g/mol. The molecule has 1 saturated carbocycles. The second-order valence-electron chi connectivity index (χ2n) is 9.48. The van der Waals surface area contributed by atoms with E-state index in [1.54, 1.807) is 31.4 Å². The number of ether oxygens (including phenoxy) is 2. The lowest BCUT2D eigenvalue weighted by molar-refractivity contribution is -0.140. The fourth-order valence-corrected chi connectivity index (χ4v) is 4.52. The normalized spacial score (nSPS) is 13.7. The molecule has 5 aromatic rings. The molecule has 0 radical (unpaired) electrons. The maximum Gasteiger partial charge on any atom is 0.434 e. The van der Waals surface area contributed by atoms with Crippen LogP contribution in [0.2, 0.25) is 0 Å². The zero-order valence-electron chi connectivity index (χ0n) is 21.4. The summed E-state index contributed by atoms with van der Waals surface area (Å²) in [7, 11) is 4.98. The summed E-state index contributed by atoms with van der Waals surface area (Å²) in [5.41, 5.74) is 2.66. The topological polar surface area (TPSA) is 92.8 Å². The Bertz CT molecular complexity index is 1670. The van der Waals surface area contributed by atoms with Crippen molar-refractivity contribution < 1.29 is 22.6 Å². The minimum atomic E-state index is -4.50. The van der Waals surface area contributed by atoms with E-state index in [2.05, 4.69) is 15.0 Å². The predicted molar refractivity (Wildman–Crippen MR) is 136 cm³/mol. The van der Waals surface area contributed by atoms with Crippen LogP contribution >= 0.6 is 0 Å². The minimum absolute atomic E-state index is 0.188. The van der Waals surface area contributed by atoms with Gasteiger partial charge in [0.2, 0.25) is 11.8 Å². The van der Waals surface area contributed by atoms with Gasteiger partial charge in [-0.2, -0.15) is 18.2 Å². The Morgan fingerprint density at radius 2 is 1.72 bits per heavy atom. The number of rotatable bonds is 7. The molecule has 4 heterocycles. The van der Waals surface area contributed by atoms with E-state index in [1.165, 1.54) is 17.9 Å². The first-order chi connectivity index (χ1) is 18.7. The highest BCUT2D eigenvalue weighted by Crippen LogP contribution is 2.45. The van der Waals surface area contributed by atoms with Crippen molar-refractivity contribution in [3.8, 4) is 34.5 Å². The van der Waals surface area contributed by atoms with E-state index in [9.17, 15) is 13.2 Å². The number of hydrogen-bond acceptors (Lipinski definition) is 7. The highest BCUT2D eigenvalue weighted by molar-refractivity contribution is 5.84. The van der Waals surface area contributed by atoms with E-state index < -0.39 is 11.9 Å². The van der Waals surface area contributed by atoms with Crippen LogP contribution in [0.15, 0.2) is 49.1 Å². The molecule has 0 saturated heterocycles. The fourth-order valence-electron chi connectivity index (χ4n) is 4.52. The number of methoxy groups -OCH3 is 1. The van der Waals surface area contributed by atoms with E-state index in [4.69, 9.17) is 19.4 Å². The van der Waals surface area contributed by atoms with Crippen LogP contribution in [-0.4, -0.2) is 41.2 Å². The Morgan fingerprint density at radius 1 is 0.949 bits per heavy atom. The lowest BCUT2D eigenvalue weighted by Crippen LogP contribution is -2.05. The molecule has 200 valence electrons. The summed E-state index contributed by atoms with van der Waals surface area (Å²) in [4.78, 5) is 22.1. The number of alkyl halides is 3. The first kappa shape index (κ1) is 24.8. The second-order valence-corrected chi connectivity index (χ2v) is 9.48. The van der Waals surface area contributed by atoms with Crippen LogP contribution in [0.1, 0.15) is 35.7 Å². The maximum atomic E-state index is 13.1. The quantitative estimate of drug-likeness (QED) is 0.279. The molecule has 1 aliphatic carbocycles. The van der Waals surface area contributed by atoms with Gasteiger partial charge in [-0.1, -0.05) is 24.3 Å². The van der Waals surface area contributed by atoms with Crippen molar-refractivity contribution in [2.75, 3.05) is 7.11 Å². The molecule has 12 heteroatoms. The van der Waals surface area contributed by atoms with Crippen LogP contribution in [0.3, 0.4) is 0 Å². The van der Waals surface area contributed by atoms with Crippen molar-refractivity contribution in [1.29, 1.82) is 0 Å². The molecular formula is C27H24F3N7O2. The van der Waals surface area contributed by atoms with E-state index in [0.29, 0.717) is 40.3 Å². The van der Waals surface area contributed by atoms with Crippen LogP contribution in [0.5, 0.6) is 11.8 Å². The predicted octanol–water partition coefficient (Wildman–Crippen LogP) is 5.31. The van der Waals surface area contributed by atoms with Crippen LogP contribution < -0.4 is 9.47 Å². The van der Waals surface area contributed by atoms with Crippen molar-refractivity contribution in [3.05, 3.63) is 66.0 Å². The van der Waals surface area contributed by atoms with Crippen molar-refractivity contribution >= 4 is 11.0 Å². The van der Waals surface area contributed by atoms with Crippen LogP contribution in [0.25, 0.3) is 33.8 Å². The van der Waals surface area contributed by atoms with Gasteiger partial charge in [0.25, 0.3) is 0 Å². The highest BCUT2D eigenvalue weighted by Gasteiger charge is 2.35. The molecule has 0 N–H and O–H groups in total. The molecule has 4 aromatic heterocycles. The standard InChI is InChI=1S/C27H24F3N7O2/c1-36-11-10-18-24(36)34-22(20-21(16-8-9-16)31-14-32-26(20)38-3)35-25(18)39-13-15-4-6-17(7-5-15)23-33-19(12-37(23)2)27(28,29)30/h4-7,10-12,14,16H,8-9,13H2,1-3H3. The molecule has 0 amide bonds. The van der Waals surface area contributed by atoms with Crippen LogP contribution in [0.4, 0.5) is 13.2 Å². The molecule has 0 atom stereocenters. The van der Waals surface area contributed by atoms with Gasteiger partial charge in [-0.3, -0.25) is 0 Å². The molecule has 0 spiro atoms. The Kier molecular flexibility index (Phi) is 5.96. The van der Waals surface area contributed by atoms with Crippen molar-refractivity contribution in [1.82, 2.24) is 34.1 Å². The van der Waals surface area contributed by atoms with Gasteiger partial charge < -0.3 is 18.6 Å². The minimum Gasteiger partial charge on any atom is -0.480 e. The second kappa shape index (κ2) is 9.37. The number of halogens is 3. The molecule has 9 nitrogen and oxygen atoms in total. The van der Waals surface area contributed by atoms with Gasteiger partial charge >= 0.3 is 6.18 Å². The molecular weight excluding hydrogens is 511 g/mol. The Morgan fingerprint density at radius 3 is 2.38 bits per heavy atom. The molecule has 1 fully saturated rings. The van der Waals surface area contributed by atoms with Crippen molar-refractivity contribution in [2.24, 2.45) is 14.1 Å². The third kappa shape index (κ3) is 4.66. The number of aryl methyl sites for hydroxylation is 2. The highest BCUT2D eigenvalue weighted by atomic mass is 19.4. The SMILES string of the molecule is COc1ncnc(C2CC2)c1-c1nc(OCc2ccc(-c3nc(C(F)(F)F)cn3C)cc2)c2ccn(C)c2n1. The smallest absolute Gasteiger partial charge is 0.434 e. The average Bonchev–Trinajstić information content (AvgIpc) is 3.60. The summed E-state index contributed by atoms with van der Waals surface area (Å²) < 4.78 is 54.1. The summed E-state index contributed by atoms with van der Waals surface area (Å²) in [6.45, 7) is 0.188. The summed E-state index contributed by atoms with van der Waals surface area (Å²) >= 11 is 0. The largest absolute Gasteiger partial charge is 0.480 e. The number of imidazole rings is 1. The van der Waals surface area contributed by atoms with Gasteiger partial charge in [0.1, 0.15) is 30.0 Å². The van der Waals surface area contributed by atoms with Gasteiger partial charge in [0.15, 0.2) is 11.5 Å². The lowest BCUT2D eigenvalue weighted by atomic mass is 10.1. The first-order valence-corrected chi connectivity index (χ1v) is 12.3. The summed E-state index contributed by atoms with van der Waals surface area (Å²) in [5, 5.41) is 0.745. The van der Waals surface area contributed by atoms with Gasteiger partial charge in [0, 0.05) is 38.0 Å². The zero-order valence-corrected chi connectivity index (χ0v) is 21.4. The number of aromatic nitrogens is 7. The first-order valence-electron chi connectivity index (χ1n) is 12.3. The molecule has 0 bridgehead atoms.